The fraction of sp³-hybridized carbons (Fsp3) is 0.947. The molecule has 21 heavy (non-hydrogen) atoms. The first-order valence-corrected chi connectivity index (χ1v) is 10.4. The molecule has 0 aliphatic rings. The van der Waals surface area contributed by atoms with Gasteiger partial charge in [0.15, 0.2) is 0 Å². The zero-order chi connectivity index (χ0) is 14.7. The number of hydrogen-bond acceptors (Lipinski definition) is 2. The predicted octanol–water partition coefficient (Wildman–Crippen LogP) is 7.59. The first-order valence-electron chi connectivity index (χ1n) is 9.28. The Bertz CT molecular complexity index is 144. The highest BCUT2D eigenvalue weighted by atomic mass is 32.2. The Hall–Kier alpha value is 0.310. The standard InChI is InChI=1S/C19H39S.H3N/c1-3-5-7-9-10-11-12-13-14-15-17-19-20-18-16-8-6-4-2;/h2-19H2,1H3;1H3. The highest BCUT2D eigenvalue weighted by Crippen LogP contribution is 2.14. The van der Waals surface area contributed by atoms with Crippen LogP contribution in [0.4, 0.5) is 0 Å². The van der Waals surface area contributed by atoms with Crippen LogP contribution in [0, 0.1) is 6.92 Å². The molecule has 0 aromatic heterocycles. The molecule has 0 aromatic carbocycles. The minimum Gasteiger partial charge on any atom is -0.344 e. The van der Waals surface area contributed by atoms with Crippen molar-refractivity contribution < 1.29 is 0 Å². The lowest BCUT2D eigenvalue weighted by atomic mass is 10.1. The van der Waals surface area contributed by atoms with Crippen LogP contribution in [0.5, 0.6) is 0 Å². The molecule has 0 atom stereocenters. The number of hydrogen-bond donors (Lipinski definition) is 1. The Balaban J connectivity index is 0. The van der Waals surface area contributed by atoms with Gasteiger partial charge in [-0.15, -0.1) is 0 Å². The largest absolute Gasteiger partial charge is 0.344 e. The molecular formula is C19H42NS. The number of rotatable bonds is 17. The van der Waals surface area contributed by atoms with Gasteiger partial charge in [0.05, 0.1) is 0 Å². The average molecular weight is 317 g/mol. The molecule has 0 saturated carbocycles. The van der Waals surface area contributed by atoms with Crippen molar-refractivity contribution in [2.24, 2.45) is 0 Å². The molecule has 0 fully saturated rings. The van der Waals surface area contributed by atoms with E-state index in [-0.39, 0.29) is 6.15 Å². The van der Waals surface area contributed by atoms with E-state index in [0.717, 1.165) is 6.42 Å². The monoisotopic (exact) mass is 316 g/mol. The molecule has 1 radical (unpaired) electrons. The highest BCUT2D eigenvalue weighted by Gasteiger charge is 1.94. The minimum absolute atomic E-state index is 0. The molecule has 3 N–H and O–H groups in total. The van der Waals surface area contributed by atoms with Crippen LogP contribution in [0.25, 0.3) is 0 Å². The first-order chi connectivity index (χ1) is 9.91. The lowest BCUT2D eigenvalue weighted by molar-refractivity contribution is 0.555. The van der Waals surface area contributed by atoms with Crippen LogP contribution in [-0.2, 0) is 0 Å². The van der Waals surface area contributed by atoms with E-state index >= 15 is 0 Å². The normalized spacial score (nSPS) is 10.6. The summed E-state index contributed by atoms with van der Waals surface area (Å²) in [5.74, 6) is 2.76. The summed E-state index contributed by atoms with van der Waals surface area (Å²) >= 11 is 2.16. The van der Waals surface area contributed by atoms with Crippen molar-refractivity contribution >= 4 is 11.8 Å². The van der Waals surface area contributed by atoms with Crippen molar-refractivity contribution in [2.45, 2.75) is 103 Å². The van der Waals surface area contributed by atoms with Crippen molar-refractivity contribution in [1.29, 1.82) is 0 Å². The summed E-state index contributed by atoms with van der Waals surface area (Å²) in [5.41, 5.74) is 0. The third-order valence-electron chi connectivity index (χ3n) is 3.93. The van der Waals surface area contributed by atoms with Crippen molar-refractivity contribution in [3.05, 3.63) is 6.92 Å². The minimum atomic E-state index is 0. The van der Waals surface area contributed by atoms with Gasteiger partial charge in [-0.05, 0) is 24.3 Å². The van der Waals surface area contributed by atoms with E-state index in [9.17, 15) is 0 Å². The molecule has 129 valence electrons. The maximum absolute atomic E-state index is 3.89. The van der Waals surface area contributed by atoms with Crippen LogP contribution in [-0.4, -0.2) is 11.5 Å². The second-order valence-corrected chi connectivity index (χ2v) is 7.29. The van der Waals surface area contributed by atoms with E-state index < -0.39 is 0 Å². The Kier molecular flexibility index (Phi) is 25.4. The third-order valence-corrected chi connectivity index (χ3v) is 5.09. The third kappa shape index (κ3) is 22.7. The molecule has 0 aromatic rings. The van der Waals surface area contributed by atoms with Gasteiger partial charge in [0.25, 0.3) is 0 Å². The van der Waals surface area contributed by atoms with Crippen LogP contribution >= 0.6 is 11.8 Å². The van der Waals surface area contributed by atoms with Gasteiger partial charge in [0, 0.05) is 0 Å². The Labute approximate surface area is 140 Å². The quantitative estimate of drug-likeness (QED) is 0.280. The van der Waals surface area contributed by atoms with E-state index in [1.54, 1.807) is 0 Å². The number of thioether (sulfide) groups is 1. The van der Waals surface area contributed by atoms with Crippen molar-refractivity contribution in [3.63, 3.8) is 0 Å². The zero-order valence-corrected chi connectivity index (χ0v) is 15.7. The Morgan fingerprint density at radius 3 is 1.38 bits per heavy atom. The molecule has 0 unspecified atom stereocenters. The lowest BCUT2D eigenvalue weighted by Crippen LogP contribution is -1.86. The van der Waals surface area contributed by atoms with Crippen LogP contribution in [0.3, 0.4) is 0 Å². The van der Waals surface area contributed by atoms with Crippen molar-refractivity contribution in [3.8, 4) is 0 Å². The van der Waals surface area contributed by atoms with Crippen LogP contribution in [0.15, 0.2) is 0 Å². The molecule has 0 aliphatic heterocycles. The van der Waals surface area contributed by atoms with E-state index in [1.165, 1.54) is 101 Å². The van der Waals surface area contributed by atoms with E-state index in [4.69, 9.17) is 0 Å². The van der Waals surface area contributed by atoms with E-state index in [1.807, 2.05) is 0 Å². The second-order valence-electron chi connectivity index (χ2n) is 6.06. The molecule has 0 bridgehead atoms. The van der Waals surface area contributed by atoms with Crippen LogP contribution in [0.2, 0.25) is 0 Å². The fourth-order valence-corrected chi connectivity index (χ4v) is 3.55. The van der Waals surface area contributed by atoms with Crippen molar-refractivity contribution in [2.75, 3.05) is 11.5 Å². The highest BCUT2D eigenvalue weighted by molar-refractivity contribution is 7.99. The average Bonchev–Trinajstić information content (AvgIpc) is 2.47. The smallest absolute Gasteiger partial charge is 0.00675 e. The van der Waals surface area contributed by atoms with Gasteiger partial charge < -0.3 is 6.15 Å². The molecular weight excluding hydrogens is 274 g/mol. The van der Waals surface area contributed by atoms with Crippen LogP contribution < -0.4 is 6.15 Å². The van der Waals surface area contributed by atoms with Gasteiger partial charge in [-0.1, -0.05) is 97.3 Å². The van der Waals surface area contributed by atoms with E-state index in [0.29, 0.717) is 0 Å². The molecule has 1 nitrogen and oxygen atoms in total. The van der Waals surface area contributed by atoms with Gasteiger partial charge in [-0.3, -0.25) is 0 Å². The topological polar surface area (TPSA) is 35.0 Å². The zero-order valence-electron chi connectivity index (χ0n) is 14.8. The molecule has 0 aliphatic carbocycles. The Morgan fingerprint density at radius 1 is 0.571 bits per heavy atom. The summed E-state index contributed by atoms with van der Waals surface area (Å²) in [6.45, 7) is 6.18. The lowest BCUT2D eigenvalue weighted by Gasteiger charge is -2.03. The summed E-state index contributed by atoms with van der Waals surface area (Å²) in [4.78, 5) is 0. The maximum atomic E-state index is 3.89. The SMILES string of the molecule is N.[CH2]CCCCCSCCCCCCCCCCCCC. The first kappa shape index (κ1) is 23.6. The fourth-order valence-electron chi connectivity index (χ4n) is 2.53. The molecule has 2 heteroatoms. The summed E-state index contributed by atoms with van der Waals surface area (Å²) in [7, 11) is 0. The summed E-state index contributed by atoms with van der Waals surface area (Å²) in [5, 5.41) is 0. The van der Waals surface area contributed by atoms with Gasteiger partial charge in [0.1, 0.15) is 0 Å². The summed E-state index contributed by atoms with van der Waals surface area (Å²) in [6, 6.07) is 0. The van der Waals surface area contributed by atoms with E-state index in [2.05, 4.69) is 25.6 Å². The van der Waals surface area contributed by atoms with Gasteiger partial charge >= 0.3 is 0 Å². The van der Waals surface area contributed by atoms with Gasteiger partial charge in [0.2, 0.25) is 0 Å². The predicted molar refractivity (Wildman–Crippen MR) is 103 cm³/mol. The molecule has 0 heterocycles. The van der Waals surface area contributed by atoms with Crippen molar-refractivity contribution in [1.82, 2.24) is 6.15 Å². The summed E-state index contributed by atoms with van der Waals surface area (Å²) in [6.07, 6.45) is 21.2. The van der Waals surface area contributed by atoms with Gasteiger partial charge in [-0.2, -0.15) is 11.8 Å². The number of unbranched alkanes of at least 4 members (excludes halogenated alkanes) is 13. The van der Waals surface area contributed by atoms with Crippen LogP contribution in [0.1, 0.15) is 103 Å². The molecule has 0 spiro atoms. The molecule has 0 saturated heterocycles. The van der Waals surface area contributed by atoms with Gasteiger partial charge in [-0.25, -0.2) is 0 Å². The molecule has 0 rings (SSSR count). The second kappa shape index (κ2) is 22.6. The molecule has 0 amide bonds. The maximum Gasteiger partial charge on any atom is -0.00675 e. The Morgan fingerprint density at radius 2 is 0.952 bits per heavy atom. The summed E-state index contributed by atoms with van der Waals surface area (Å²) < 4.78 is 0.